The zero-order valence-corrected chi connectivity index (χ0v) is 18.6. The Balaban J connectivity index is 1.71. The fraction of sp³-hybridized carbons (Fsp3) is 0.0909. The van der Waals surface area contributed by atoms with Crippen molar-refractivity contribution in [3.8, 4) is 17.2 Å². The molecule has 0 fully saturated rings. The standard InChI is InChI=1S/C22H18F2N5O4P/c1-34(32,33)15-6-3-13(4-7-15)12-25-20(30)18-19(16-8-5-14(23)11-17(16)24)27-22(28-21(18)31)29-10-2-9-26-29/h2-11H,12H2,1H3,(H,25,30)(H,32,33)(H,27,28,31). The first-order chi connectivity index (χ1) is 16.1. The summed E-state index contributed by atoms with van der Waals surface area (Å²) < 4.78 is 41.0. The first-order valence-corrected chi connectivity index (χ1v) is 12.0. The Morgan fingerprint density at radius 2 is 1.94 bits per heavy atom. The summed E-state index contributed by atoms with van der Waals surface area (Å²) in [6.07, 6.45) is 2.94. The van der Waals surface area contributed by atoms with Gasteiger partial charge in [0.15, 0.2) is 0 Å². The van der Waals surface area contributed by atoms with Crippen LogP contribution >= 0.6 is 7.37 Å². The van der Waals surface area contributed by atoms with Crippen molar-refractivity contribution in [2.45, 2.75) is 6.54 Å². The molecule has 4 rings (SSSR count). The van der Waals surface area contributed by atoms with Gasteiger partial charge in [-0.2, -0.15) is 5.10 Å². The summed E-state index contributed by atoms with van der Waals surface area (Å²) in [5.74, 6) is -2.73. The molecule has 9 nitrogen and oxygen atoms in total. The number of nitrogens with one attached hydrogen (secondary N) is 2. The number of aromatic nitrogens is 4. The Bertz CT molecular complexity index is 1460. The average molecular weight is 485 g/mol. The van der Waals surface area contributed by atoms with E-state index in [9.17, 15) is 27.8 Å². The molecular formula is C22H18F2N5O4P. The number of hydrogen-bond acceptors (Lipinski definition) is 5. The van der Waals surface area contributed by atoms with Crippen LogP contribution in [0.3, 0.4) is 0 Å². The molecule has 2 aromatic heterocycles. The maximum absolute atomic E-state index is 14.6. The van der Waals surface area contributed by atoms with Crippen LogP contribution in [0.1, 0.15) is 15.9 Å². The van der Waals surface area contributed by atoms with Crippen molar-refractivity contribution in [3.63, 3.8) is 0 Å². The van der Waals surface area contributed by atoms with E-state index in [1.54, 1.807) is 18.2 Å². The molecule has 2 aromatic carbocycles. The molecule has 0 saturated heterocycles. The molecule has 34 heavy (non-hydrogen) atoms. The van der Waals surface area contributed by atoms with E-state index in [-0.39, 0.29) is 29.1 Å². The van der Waals surface area contributed by atoms with Crippen LogP contribution in [0.25, 0.3) is 17.2 Å². The lowest BCUT2D eigenvalue weighted by Crippen LogP contribution is -2.32. The number of halogens is 2. The highest BCUT2D eigenvalue weighted by atomic mass is 31.2. The van der Waals surface area contributed by atoms with E-state index in [2.05, 4.69) is 20.4 Å². The van der Waals surface area contributed by atoms with Gasteiger partial charge in [-0.15, -0.1) is 0 Å². The number of aromatic amines is 1. The number of H-pyrrole nitrogens is 1. The SMILES string of the molecule is CP(=O)(O)c1ccc(CNC(=O)c2c(-c3ccc(F)cc3F)nc(-n3cccn3)[nH]c2=O)cc1. The molecule has 1 amide bonds. The molecule has 2 heterocycles. The van der Waals surface area contributed by atoms with Gasteiger partial charge in [-0.1, -0.05) is 12.1 Å². The number of carbonyl (C=O) groups excluding carboxylic acids is 1. The largest absolute Gasteiger partial charge is 0.348 e. The maximum atomic E-state index is 14.6. The van der Waals surface area contributed by atoms with Crippen molar-refractivity contribution >= 4 is 18.6 Å². The summed E-state index contributed by atoms with van der Waals surface area (Å²) in [6, 6.07) is 10.3. The van der Waals surface area contributed by atoms with Gasteiger partial charge in [0.05, 0.1) is 5.69 Å². The smallest absolute Gasteiger partial charge is 0.265 e. The summed E-state index contributed by atoms with van der Waals surface area (Å²) in [4.78, 5) is 42.1. The fourth-order valence-corrected chi connectivity index (χ4v) is 3.91. The van der Waals surface area contributed by atoms with Crippen molar-refractivity contribution in [1.82, 2.24) is 25.1 Å². The minimum absolute atomic E-state index is 0.0236. The Morgan fingerprint density at radius 3 is 2.56 bits per heavy atom. The van der Waals surface area contributed by atoms with Crippen molar-refractivity contribution in [3.05, 3.63) is 94.0 Å². The summed E-state index contributed by atoms with van der Waals surface area (Å²) in [5.41, 5.74) is -1.24. The second-order valence-electron chi connectivity index (χ2n) is 7.42. The Kier molecular flexibility index (Phi) is 6.23. The molecule has 174 valence electrons. The quantitative estimate of drug-likeness (QED) is 0.360. The number of carbonyl (C=O) groups is 1. The lowest BCUT2D eigenvalue weighted by Gasteiger charge is -2.12. The van der Waals surface area contributed by atoms with E-state index < -0.39 is 36.0 Å². The molecule has 1 unspecified atom stereocenters. The predicted octanol–water partition coefficient (Wildman–Crippen LogP) is 2.36. The van der Waals surface area contributed by atoms with E-state index in [0.717, 1.165) is 12.1 Å². The highest BCUT2D eigenvalue weighted by Gasteiger charge is 2.23. The second kappa shape index (κ2) is 9.12. The summed E-state index contributed by atoms with van der Waals surface area (Å²) in [6.45, 7) is 1.19. The maximum Gasteiger partial charge on any atom is 0.265 e. The number of nitrogens with zero attached hydrogens (tertiary/aromatic N) is 3. The van der Waals surface area contributed by atoms with E-state index in [0.29, 0.717) is 11.6 Å². The van der Waals surface area contributed by atoms with Gasteiger partial charge < -0.3 is 10.2 Å². The Morgan fingerprint density at radius 1 is 1.21 bits per heavy atom. The van der Waals surface area contributed by atoms with Crippen LogP contribution in [-0.2, 0) is 11.1 Å². The predicted molar refractivity (Wildman–Crippen MR) is 120 cm³/mol. The molecule has 12 heteroatoms. The van der Waals surface area contributed by atoms with Gasteiger partial charge in [-0.25, -0.2) is 18.4 Å². The van der Waals surface area contributed by atoms with Gasteiger partial charge in [0.2, 0.25) is 13.3 Å². The van der Waals surface area contributed by atoms with Crippen LogP contribution in [0.5, 0.6) is 0 Å². The normalized spacial score (nSPS) is 12.8. The van der Waals surface area contributed by atoms with E-state index in [1.807, 2.05) is 0 Å². The zero-order valence-electron chi connectivity index (χ0n) is 17.7. The minimum Gasteiger partial charge on any atom is -0.348 e. The molecule has 4 aromatic rings. The molecule has 0 aliphatic heterocycles. The molecule has 3 N–H and O–H groups in total. The summed E-state index contributed by atoms with van der Waals surface area (Å²) in [5, 5.41) is 6.78. The van der Waals surface area contributed by atoms with Crippen molar-refractivity contribution in [1.29, 1.82) is 0 Å². The van der Waals surface area contributed by atoms with Crippen molar-refractivity contribution in [2.75, 3.05) is 6.66 Å². The number of amides is 1. The van der Waals surface area contributed by atoms with Gasteiger partial charge in [-0.3, -0.25) is 19.1 Å². The molecule has 1 atom stereocenters. The number of benzene rings is 2. The van der Waals surface area contributed by atoms with Crippen LogP contribution in [0.4, 0.5) is 8.78 Å². The molecule has 0 bridgehead atoms. The topological polar surface area (TPSA) is 130 Å². The first kappa shape index (κ1) is 23.2. The lowest BCUT2D eigenvalue weighted by atomic mass is 10.1. The third-order valence-electron chi connectivity index (χ3n) is 4.91. The van der Waals surface area contributed by atoms with Gasteiger partial charge >= 0.3 is 0 Å². The van der Waals surface area contributed by atoms with E-state index in [4.69, 9.17) is 0 Å². The molecular weight excluding hydrogens is 467 g/mol. The van der Waals surface area contributed by atoms with Gasteiger partial charge in [0, 0.05) is 42.5 Å². The molecule has 0 saturated carbocycles. The third kappa shape index (κ3) is 4.85. The van der Waals surface area contributed by atoms with E-state index in [1.165, 1.54) is 35.9 Å². The van der Waals surface area contributed by atoms with Crippen LogP contribution in [0.15, 0.2) is 65.7 Å². The Hall–Kier alpha value is -3.95. The number of rotatable bonds is 6. The van der Waals surface area contributed by atoms with Crippen LogP contribution < -0.4 is 16.2 Å². The van der Waals surface area contributed by atoms with Gasteiger partial charge in [0.25, 0.3) is 11.5 Å². The summed E-state index contributed by atoms with van der Waals surface area (Å²) >= 11 is 0. The lowest BCUT2D eigenvalue weighted by molar-refractivity contribution is 0.0949. The molecule has 0 radical (unpaired) electrons. The highest BCUT2D eigenvalue weighted by molar-refractivity contribution is 7.65. The van der Waals surface area contributed by atoms with E-state index >= 15 is 0 Å². The zero-order chi connectivity index (χ0) is 24.5. The van der Waals surface area contributed by atoms with Crippen LogP contribution in [0.2, 0.25) is 0 Å². The third-order valence-corrected chi connectivity index (χ3v) is 6.17. The molecule has 0 aliphatic carbocycles. The van der Waals surface area contributed by atoms with Gasteiger partial charge in [-0.05, 0) is 35.9 Å². The van der Waals surface area contributed by atoms with Crippen molar-refractivity contribution in [2.24, 2.45) is 0 Å². The minimum atomic E-state index is -3.42. The second-order valence-corrected chi connectivity index (χ2v) is 9.69. The number of hydrogen-bond donors (Lipinski definition) is 3. The fourth-order valence-electron chi connectivity index (χ4n) is 3.21. The van der Waals surface area contributed by atoms with Gasteiger partial charge in [0.1, 0.15) is 17.2 Å². The highest BCUT2D eigenvalue weighted by Crippen LogP contribution is 2.33. The van der Waals surface area contributed by atoms with Crippen LogP contribution in [-0.4, -0.2) is 37.2 Å². The monoisotopic (exact) mass is 485 g/mol. The summed E-state index contributed by atoms with van der Waals surface area (Å²) in [7, 11) is -3.42. The first-order valence-electron chi connectivity index (χ1n) is 9.91. The van der Waals surface area contributed by atoms with Crippen molar-refractivity contribution < 1.29 is 23.0 Å². The Labute approximate surface area is 191 Å². The van der Waals surface area contributed by atoms with Crippen LogP contribution in [0, 0.1) is 11.6 Å². The molecule has 0 aliphatic rings. The molecule has 0 spiro atoms. The average Bonchev–Trinajstić information content (AvgIpc) is 3.32.